The molecule has 0 saturated heterocycles. The molecule has 0 aliphatic rings. The van der Waals surface area contributed by atoms with Crippen molar-refractivity contribution in [3.63, 3.8) is 0 Å². The summed E-state index contributed by atoms with van der Waals surface area (Å²) in [6.07, 6.45) is 1.63. The van der Waals surface area contributed by atoms with Crippen LogP contribution in [0.5, 0.6) is 0 Å². The van der Waals surface area contributed by atoms with Gasteiger partial charge in [0, 0.05) is 12.4 Å². The van der Waals surface area contributed by atoms with E-state index in [9.17, 15) is 0 Å². The first-order valence-electron chi connectivity index (χ1n) is 4.90. The molecule has 0 radical (unpaired) electrons. The fourth-order valence-corrected chi connectivity index (χ4v) is 1.90. The van der Waals surface area contributed by atoms with Crippen LogP contribution >= 0.6 is 34.8 Å². The van der Waals surface area contributed by atoms with Crippen molar-refractivity contribution >= 4 is 46.0 Å². The summed E-state index contributed by atoms with van der Waals surface area (Å²) >= 11 is 17.1. The minimum absolute atomic E-state index is 0.103. The average molecular weight is 296 g/mol. The molecule has 2 aromatic rings. The van der Waals surface area contributed by atoms with E-state index in [4.69, 9.17) is 39.5 Å². The van der Waals surface area contributed by atoms with E-state index in [1.54, 1.807) is 6.33 Å². The Bertz CT molecular complexity index is 516. The third-order valence-electron chi connectivity index (χ3n) is 2.09. The van der Waals surface area contributed by atoms with Crippen LogP contribution in [0, 0.1) is 0 Å². The fraction of sp³-hybridized carbons (Fsp3) is 0.444. The summed E-state index contributed by atoms with van der Waals surface area (Å²) in [5.74, 6) is 0.477. The smallest absolute Gasteiger partial charge is 0.225 e. The molecule has 17 heavy (non-hydrogen) atoms. The molecular formula is C9H9Cl3N4O. The van der Waals surface area contributed by atoms with E-state index in [1.165, 1.54) is 0 Å². The maximum atomic E-state index is 5.90. The molecule has 0 N–H and O–H groups in total. The molecule has 2 heterocycles. The number of nitrogens with zero attached hydrogens (tertiary/aromatic N) is 4. The van der Waals surface area contributed by atoms with Gasteiger partial charge in [-0.05, 0) is 11.6 Å². The first-order valence-corrected chi connectivity index (χ1v) is 6.19. The van der Waals surface area contributed by atoms with Crippen molar-refractivity contribution in [1.82, 2.24) is 19.5 Å². The van der Waals surface area contributed by atoms with Gasteiger partial charge in [-0.3, -0.25) is 0 Å². The van der Waals surface area contributed by atoms with Crippen molar-refractivity contribution in [3.8, 4) is 0 Å². The maximum Gasteiger partial charge on any atom is 0.225 e. The number of aromatic nitrogens is 4. The minimum Gasteiger partial charge on any atom is -0.378 e. The lowest BCUT2D eigenvalue weighted by Gasteiger charge is -2.04. The van der Waals surface area contributed by atoms with Crippen LogP contribution in [-0.2, 0) is 11.3 Å². The normalized spacial score (nSPS) is 11.2. The second kappa shape index (κ2) is 5.82. The molecule has 0 aliphatic heterocycles. The van der Waals surface area contributed by atoms with Crippen LogP contribution < -0.4 is 0 Å². The quantitative estimate of drug-likeness (QED) is 0.368. The Labute approximate surface area is 113 Å². The molecule has 0 aliphatic carbocycles. The lowest BCUT2D eigenvalue weighted by atomic mass is 10.5. The Kier molecular flexibility index (Phi) is 4.39. The van der Waals surface area contributed by atoms with Gasteiger partial charge in [-0.25, -0.2) is 9.97 Å². The van der Waals surface area contributed by atoms with E-state index in [0.717, 1.165) is 0 Å². The van der Waals surface area contributed by atoms with E-state index in [2.05, 4.69) is 15.0 Å². The molecule has 2 aromatic heterocycles. The second-order valence-corrected chi connectivity index (χ2v) is 4.27. The zero-order chi connectivity index (χ0) is 12.3. The largest absolute Gasteiger partial charge is 0.378 e. The van der Waals surface area contributed by atoms with Crippen LogP contribution in [0.25, 0.3) is 11.2 Å². The monoisotopic (exact) mass is 294 g/mol. The van der Waals surface area contributed by atoms with Gasteiger partial charge < -0.3 is 9.30 Å². The highest BCUT2D eigenvalue weighted by Crippen LogP contribution is 2.20. The van der Waals surface area contributed by atoms with E-state index in [-0.39, 0.29) is 10.4 Å². The average Bonchev–Trinajstić information content (AvgIpc) is 2.68. The molecule has 0 aromatic carbocycles. The lowest BCUT2D eigenvalue weighted by Crippen LogP contribution is -2.07. The number of imidazole rings is 1. The number of rotatable bonds is 5. The van der Waals surface area contributed by atoms with Gasteiger partial charge >= 0.3 is 0 Å². The fourth-order valence-electron chi connectivity index (χ4n) is 1.37. The number of hydrogen-bond acceptors (Lipinski definition) is 4. The summed E-state index contributed by atoms with van der Waals surface area (Å²) in [6, 6.07) is 0. The molecule has 0 spiro atoms. The summed E-state index contributed by atoms with van der Waals surface area (Å²) in [4.78, 5) is 12.0. The zero-order valence-corrected chi connectivity index (χ0v) is 11.0. The lowest BCUT2D eigenvalue weighted by molar-refractivity contribution is 0.141. The van der Waals surface area contributed by atoms with Gasteiger partial charge in [-0.1, -0.05) is 11.6 Å². The number of ether oxygens (including phenoxy) is 1. The number of fused-ring (bicyclic) bond motifs is 1. The van der Waals surface area contributed by atoms with Crippen LogP contribution in [0.3, 0.4) is 0 Å². The molecular weight excluding hydrogens is 286 g/mol. The Morgan fingerprint density at radius 1 is 1.24 bits per heavy atom. The Hall–Kier alpha value is -0.620. The van der Waals surface area contributed by atoms with Gasteiger partial charge in [-0.15, -0.1) is 11.6 Å². The summed E-state index contributed by atoms with van der Waals surface area (Å²) in [7, 11) is 0. The minimum atomic E-state index is 0.103. The van der Waals surface area contributed by atoms with Crippen LogP contribution in [-0.4, -0.2) is 38.6 Å². The topological polar surface area (TPSA) is 52.8 Å². The van der Waals surface area contributed by atoms with Gasteiger partial charge in [0.2, 0.25) is 5.28 Å². The molecule has 2 rings (SSSR count). The van der Waals surface area contributed by atoms with Crippen molar-refractivity contribution in [3.05, 3.63) is 16.8 Å². The highest BCUT2D eigenvalue weighted by atomic mass is 35.5. The van der Waals surface area contributed by atoms with Gasteiger partial charge in [0.25, 0.3) is 0 Å². The standard InChI is InChI=1S/C9H9Cl3N4O/c10-1-3-17-4-2-16-5-13-6-7(11)14-9(12)15-8(6)16/h5H,1-4H2. The highest BCUT2D eigenvalue weighted by Gasteiger charge is 2.10. The van der Waals surface area contributed by atoms with Crippen molar-refractivity contribution < 1.29 is 4.74 Å². The Morgan fingerprint density at radius 3 is 2.82 bits per heavy atom. The van der Waals surface area contributed by atoms with Crippen LogP contribution in [0.1, 0.15) is 0 Å². The van der Waals surface area contributed by atoms with Crippen LogP contribution in [0.4, 0.5) is 0 Å². The summed E-state index contributed by atoms with van der Waals surface area (Å²) in [5, 5.41) is 0.353. The van der Waals surface area contributed by atoms with Crippen molar-refractivity contribution in [1.29, 1.82) is 0 Å². The van der Waals surface area contributed by atoms with E-state index in [1.807, 2.05) is 4.57 Å². The van der Waals surface area contributed by atoms with Gasteiger partial charge in [0.05, 0.1) is 19.5 Å². The van der Waals surface area contributed by atoms with Crippen LogP contribution in [0.15, 0.2) is 6.33 Å². The third-order valence-corrected chi connectivity index (χ3v) is 2.68. The number of hydrogen-bond donors (Lipinski definition) is 0. The predicted molar refractivity (Wildman–Crippen MR) is 66.9 cm³/mol. The molecule has 92 valence electrons. The van der Waals surface area contributed by atoms with E-state index in [0.29, 0.717) is 36.8 Å². The van der Waals surface area contributed by atoms with Crippen molar-refractivity contribution in [2.45, 2.75) is 6.54 Å². The summed E-state index contributed by atoms with van der Waals surface area (Å²) < 4.78 is 7.08. The van der Waals surface area contributed by atoms with Gasteiger partial charge in [0.1, 0.15) is 5.52 Å². The predicted octanol–water partition coefficient (Wildman–Crippen LogP) is 2.39. The van der Waals surface area contributed by atoms with Crippen molar-refractivity contribution in [2.24, 2.45) is 0 Å². The van der Waals surface area contributed by atoms with E-state index < -0.39 is 0 Å². The molecule has 0 saturated carbocycles. The van der Waals surface area contributed by atoms with Crippen LogP contribution in [0.2, 0.25) is 10.4 Å². The SMILES string of the molecule is ClCCOCCn1cnc2c(Cl)nc(Cl)nc21. The van der Waals surface area contributed by atoms with Crippen molar-refractivity contribution in [2.75, 3.05) is 19.1 Å². The van der Waals surface area contributed by atoms with Gasteiger partial charge in [-0.2, -0.15) is 4.98 Å². The summed E-state index contributed by atoms with van der Waals surface area (Å²) in [6.45, 7) is 1.65. The zero-order valence-electron chi connectivity index (χ0n) is 8.74. The Morgan fingerprint density at radius 2 is 2.06 bits per heavy atom. The molecule has 8 heteroatoms. The molecule has 0 unspecified atom stereocenters. The first-order chi connectivity index (χ1) is 8.22. The second-order valence-electron chi connectivity index (χ2n) is 3.19. The number of halogens is 3. The first kappa shape index (κ1) is 12.8. The number of alkyl halides is 1. The molecule has 5 nitrogen and oxygen atoms in total. The Balaban J connectivity index is 2.18. The highest BCUT2D eigenvalue weighted by molar-refractivity contribution is 6.35. The van der Waals surface area contributed by atoms with Gasteiger partial charge in [0.15, 0.2) is 10.8 Å². The molecule has 0 bridgehead atoms. The molecule has 0 amide bonds. The maximum absolute atomic E-state index is 5.90. The summed E-state index contributed by atoms with van der Waals surface area (Å²) in [5.41, 5.74) is 1.14. The molecule has 0 fully saturated rings. The third kappa shape index (κ3) is 2.98. The molecule has 0 atom stereocenters. The van der Waals surface area contributed by atoms with E-state index >= 15 is 0 Å².